The summed E-state index contributed by atoms with van der Waals surface area (Å²) in [6, 6.07) is 0. The Kier molecular flexibility index (Phi) is 31.1. The van der Waals surface area contributed by atoms with Gasteiger partial charge >= 0.3 is 11.9 Å². The third kappa shape index (κ3) is 29.0. The predicted molar refractivity (Wildman–Crippen MR) is 224 cm³/mol. The van der Waals surface area contributed by atoms with Crippen molar-refractivity contribution in [2.45, 2.75) is 173 Å². The Morgan fingerprint density at radius 3 is 1.72 bits per heavy atom. The van der Waals surface area contributed by atoms with Crippen LogP contribution in [0.15, 0.2) is 72.9 Å². The third-order valence-electron chi connectivity index (χ3n) is 9.03. The second-order valence-corrected chi connectivity index (χ2v) is 15.8. The molecular formula is C44H72O12S. The lowest BCUT2D eigenvalue weighted by Crippen LogP contribution is -2.60. The number of hydrogen-bond acceptors (Lipinski definition) is 11. The van der Waals surface area contributed by atoms with E-state index in [1.807, 2.05) is 12.2 Å². The number of allylic oxidation sites excluding steroid dienone is 12. The molecule has 12 nitrogen and oxygen atoms in total. The van der Waals surface area contributed by atoms with Crippen LogP contribution < -0.4 is 0 Å². The lowest BCUT2D eigenvalue weighted by molar-refractivity contribution is -0.297. The first kappa shape index (κ1) is 52.1. The molecule has 4 N–H and O–H groups in total. The van der Waals surface area contributed by atoms with E-state index >= 15 is 0 Å². The topological polar surface area (TPSA) is 186 Å². The molecule has 326 valence electrons. The SMILES string of the molecule is CC/C=C/C/C=C/C/C=C/C/C=C/CCCCCC(=O)OCC(CO[C@H]1O[C@H](CS(=O)(=O)O)[C@@H](O)C(O)C1O)OC(=O)CC/C=C/C/C=C/CCCCCCCC. The maximum atomic E-state index is 12.7. The number of carbonyl (C=O) groups is 2. The lowest BCUT2D eigenvalue weighted by Gasteiger charge is -2.40. The van der Waals surface area contributed by atoms with Crippen molar-refractivity contribution in [3.8, 4) is 0 Å². The maximum absolute atomic E-state index is 12.7. The molecule has 6 atom stereocenters. The zero-order valence-electron chi connectivity index (χ0n) is 34.4. The molecule has 0 spiro atoms. The monoisotopic (exact) mass is 824 g/mol. The van der Waals surface area contributed by atoms with Crippen molar-refractivity contribution in [1.29, 1.82) is 0 Å². The lowest BCUT2D eigenvalue weighted by atomic mass is 10.00. The van der Waals surface area contributed by atoms with Gasteiger partial charge in [-0.15, -0.1) is 0 Å². The van der Waals surface area contributed by atoms with Crippen LogP contribution in [0.4, 0.5) is 0 Å². The minimum atomic E-state index is -4.61. The molecule has 1 aliphatic heterocycles. The van der Waals surface area contributed by atoms with Crippen LogP contribution in [0.3, 0.4) is 0 Å². The van der Waals surface area contributed by atoms with Crippen molar-refractivity contribution >= 4 is 22.1 Å². The van der Waals surface area contributed by atoms with Crippen LogP contribution in [-0.2, 0) is 38.7 Å². The summed E-state index contributed by atoms with van der Waals surface area (Å²) in [5.74, 6) is -2.12. The van der Waals surface area contributed by atoms with Gasteiger partial charge in [0, 0.05) is 12.8 Å². The minimum Gasteiger partial charge on any atom is -0.462 e. The number of carbonyl (C=O) groups excluding carboxylic acids is 2. The summed E-state index contributed by atoms with van der Waals surface area (Å²) in [7, 11) is -4.61. The molecule has 0 aliphatic carbocycles. The van der Waals surface area contributed by atoms with Crippen molar-refractivity contribution in [3.63, 3.8) is 0 Å². The predicted octanol–water partition coefficient (Wildman–Crippen LogP) is 7.94. The maximum Gasteiger partial charge on any atom is 0.306 e. The summed E-state index contributed by atoms with van der Waals surface area (Å²) in [6.07, 6.45) is 32.6. The molecule has 1 saturated heterocycles. The van der Waals surface area contributed by atoms with Gasteiger partial charge in [0.1, 0.15) is 36.8 Å². The second-order valence-electron chi connectivity index (χ2n) is 14.3. The van der Waals surface area contributed by atoms with Crippen molar-refractivity contribution < 1.29 is 56.8 Å². The summed E-state index contributed by atoms with van der Waals surface area (Å²) in [5, 5.41) is 30.8. The van der Waals surface area contributed by atoms with Crippen LogP contribution in [0.25, 0.3) is 0 Å². The Bertz CT molecular complexity index is 1340. The van der Waals surface area contributed by atoms with Crippen molar-refractivity contribution in [3.05, 3.63) is 72.9 Å². The van der Waals surface area contributed by atoms with Gasteiger partial charge in [0.15, 0.2) is 12.4 Å². The van der Waals surface area contributed by atoms with Gasteiger partial charge in [-0.1, -0.05) is 125 Å². The standard InChI is InChI=1S/C44H72O12S/c1-3-5-7-9-11-13-15-17-18-19-21-22-24-26-28-30-32-39(45)53-34-37(35-54-44-43(49)42(48)41(47)38(56-44)36-57(50,51)52)55-40(46)33-31-29-27-25-23-20-16-14-12-10-8-6-4-2/h5,7,11,13,17-18,20-23,27,29,37-38,41-44,47-49H,3-4,6,8-10,12,14-16,19,24-26,28,30-36H2,1-2H3,(H,50,51,52)/b7-5+,13-11+,18-17+,22-21+,23-20+,29-27+/t37?,38-,41-,42?,43?,44+/m1/s1. The summed E-state index contributed by atoms with van der Waals surface area (Å²) >= 11 is 0. The first-order chi connectivity index (χ1) is 27.5. The van der Waals surface area contributed by atoms with Crippen LogP contribution in [-0.4, -0.2) is 96.0 Å². The van der Waals surface area contributed by atoms with E-state index in [0.29, 0.717) is 12.8 Å². The Morgan fingerprint density at radius 2 is 1.14 bits per heavy atom. The van der Waals surface area contributed by atoms with Crippen LogP contribution in [0.1, 0.15) is 136 Å². The van der Waals surface area contributed by atoms with Gasteiger partial charge in [-0.2, -0.15) is 8.42 Å². The highest BCUT2D eigenvalue weighted by Crippen LogP contribution is 2.23. The van der Waals surface area contributed by atoms with Crippen molar-refractivity contribution in [1.82, 2.24) is 0 Å². The molecule has 0 radical (unpaired) electrons. The highest BCUT2D eigenvalue weighted by molar-refractivity contribution is 7.85. The highest BCUT2D eigenvalue weighted by atomic mass is 32.2. The van der Waals surface area contributed by atoms with E-state index in [0.717, 1.165) is 57.8 Å². The van der Waals surface area contributed by atoms with Gasteiger partial charge in [-0.05, 0) is 70.6 Å². The summed E-state index contributed by atoms with van der Waals surface area (Å²) < 4.78 is 53.8. The number of aliphatic hydroxyl groups excluding tert-OH is 3. The number of esters is 2. The molecule has 3 unspecified atom stereocenters. The van der Waals surface area contributed by atoms with Gasteiger partial charge in [-0.3, -0.25) is 14.1 Å². The fourth-order valence-electron chi connectivity index (χ4n) is 5.78. The molecule has 1 heterocycles. The average molecular weight is 825 g/mol. The molecule has 0 bridgehead atoms. The number of rotatable bonds is 33. The summed E-state index contributed by atoms with van der Waals surface area (Å²) in [4.78, 5) is 25.3. The molecule has 0 aromatic carbocycles. The number of aliphatic hydroxyl groups is 3. The Morgan fingerprint density at radius 1 is 0.614 bits per heavy atom. The third-order valence-corrected chi connectivity index (χ3v) is 9.78. The van der Waals surface area contributed by atoms with E-state index in [2.05, 4.69) is 74.6 Å². The molecule has 57 heavy (non-hydrogen) atoms. The minimum absolute atomic E-state index is 0.0472. The number of hydrogen-bond donors (Lipinski definition) is 4. The summed E-state index contributed by atoms with van der Waals surface area (Å²) in [6.45, 7) is 3.53. The van der Waals surface area contributed by atoms with Gasteiger partial charge in [0.25, 0.3) is 10.1 Å². The molecule has 0 aromatic rings. The van der Waals surface area contributed by atoms with E-state index in [4.69, 9.17) is 18.9 Å². The largest absolute Gasteiger partial charge is 0.462 e. The molecule has 13 heteroatoms. The quantitative estimate of drug-likeness (QED) is 0.0217. The molecule has 1 aliphatic rings. The Hall–Kier alpha value is -2.91. The number of unbranched alkanes of at least 4 members (excludes halogenated alkanes) is 9. The number of ether oxygens (including phenoxy) is 4. The smallest absolute Gasteiger partial charge is 0.306 e. The van der Waals surface area contributed by atoms with Crippen LogP contribution >= 0.6 is 0 Å². The molecule has 0 saturated carbocycles. The van der Waals surface area contributed by atoms with E-state index < -0.39 is 71.2 Å². The van der Waals surface area contributed by atoms with E-state index in [-0.39, 0.29) is 19.4 Å². The van der Waals surface area contributed by atoms with Gasteiger partial charge in [0.05, 0.1) is 6.61 Å². The average Bonchev–Trinajstić information content (AvgIpc) is 3.17. The van der Waals surface area contributed by atoms with Crippen LogP contribution in [0, 0.1) is 0 Å². The van der Waals surface area contributed by atoms with Gasteiger partial charge < -0.3 is 34.3 Å². The highest BCUT2D eigenvalue weighted by Gasteiger charge is 2.46. The van der Waals surface area contributed by atoms with Crippen molar-refractivity contribution in [2.75, 3.05) is 19.0 Å². The molecule has 0 aromatic heterocycles. The van der Waals surface area contributed by atoms with E-state index in [9.17, 15) is 37.9 Å². The normalized spacial score (nSPS) is 21.3. The van der Waals surface area contributed by atoms with Crippen molar-refractivity contribution in [2.24, 2.45) is 0 Å². The zero-order valence-corrected chi connectivity index (χ0v) is 35.2. The fraction of sp³-hybridized carbons (Fsp3) is 0.682. The molecule has 1 rings (SSSR count). The zero-order chi connectivity index (χ0) is 42.0. The first-order valence-electron chi connectivity index (χ1n) is 21.0. The fourth-order valence-corrected chi connectivity index (χ4v) is 6.47. The molecule has 0 amide bonds. The van der Waals surface area contributed by atoms with E-state index in [1.165, 1.54) is 38.5 Å². The Balaban J connectivity index is 2.55. The molecule has 1 fully saturated rings. The summed E-state index contributed by atoms with van der Waals surface area (Å²) in [5.41, 5.74) is 0. The first-order valence-corrected chi connectivity index (χ1v) is 22.6. The van der Waals surface area contributed by atoms with E-state index in [1.54, 1.807) is 0 Å². The van der Waals surface area contributed by atoms with Crippen LogP contribution in [0.2, 0.25) is 0 Å². The Labute approximate surface area is 342 Å². The van der Waals surface area contributed by atoms with Crippen LogP contribution in [0.5, 0.6) is 0 Å². The second kappa shape index (κ2) is 34.0. The van der Waals surface area contributed by atoms with Gasteiger partial charge in [0.2, 0.25) is 0 Å². The van der Waals surface area contributed by atoms with Gasteiger partial charge in [-0.25, -0.2) is 0 Å². The molecular weight excluding hydrogens is 753 g/mol.